The number of carbonyl (C=O) groups is 1. The highest BCUT2D eigenvalue weighted by molar-refractivity contribution is 7.89. The van der Waals surface area contributed by atoms with Gasteiger partial charge in [0.05, 0.1) is 12.0 Å². The van der Waals surface area contributed by atoms with Crippen LogP contribution in [0.4, 0.5) is 5.69 Å². The number of hydrogen-bond donors (Lipinski definition) is 1. The van der Waals surface area contributed by atoms with Gasteiger partial charge in [-0.25, -0.2) is 8.42 Å². The number of nitrogens with one attached hydrogen (secondary N) is 1. The zero-order valence-corrected chi connectivity index (χ0v) is 15.7. The summed E-state index contributed by atoms with van der Waals surface area (Å²) in [6.45, 7) is 0. The standard InChI is InChI=1S/C19H22N2O4S/c1-21(25-2)26(23,24)16-12-10-15(11-13-16)19(22)20-18-9-5-7-14-6-3-4-8-17(14)18/h5,7,9-13H,3-4,6,8H2,1-2H3,(H,20,22). The van der Waals surface area contributed by atoms with E-state index in [0.717, 1.165) is 29.4 Å². The number of aryl methyl sites for hydroxylation is 1. The average molecular weight is 374 g/mol. The van der Waals surface area contributed by atoms with Gasteiger partial charge in [0, 0.05) is 18.3 Å². The Kier molecular flexibility index (Phi) is 5.41. The van der Waals surface area contributed by atoms with Gasteiger partial charge in [-0.1, -0.05) is 16.6 Å². The van der Waals surface area contributed by atoms with Crippen LogP contribution in [0.25, 0.3) is 0 Å². The number of hydrogen-bond acceptors (Lipinski definition) is 4. The van der Waals surface area contributed by atoms with Gasteiger partial charge >= 0.3 is 0 Å². The van der Waals surface area contributed by atoms with Crippen molar-refractivity contribution in [2.24, 2.45) is 0 Å². The van der Waals surface area contributed by atoms with Crippen molar-refractivity contribution in [3.05, 3.63) is 59.2 Å². The molecule has 0 saturated carbocycles. The van der Waals surface area contributed by atoms with Gasteiger partial charge in [-0.15, -0.1) is 0 Å². The Hall–Kier alpha value is -2.22. The van der Waals surface area contributed by atoms with Gasteiger partial charge < -0.3 is 5.32 Å². The molecule has 1 N–H and O–H groups in total. The number of benzene rings is 2. The molecule has 2 aromatic carbocycles. The molecule has 0 saturated heterocycles. The van der Waals surface area contributed by atoms with Crippen LogP contribution in [0.5, 0.6) is 0 Å². The van der Waals surface area contributed by atoms with E-state index in [0.29, 0.717) is 5.56 Å². The van der Waals surface area contributed by atoms with E-state index in [1.165, 1.54) is 56.0 Å². The molecule has 7 heteroatoms. The van der Waals surface area contributed by atoms with Crippen LogP contribution in [-0.2, 0) is 27.7 Å². The van der Waals surface area contributed by atoms with Gasteiger partial charge in [0.25, 0.3) is 15.9 Å². The summed E-state index contributed by atoms with van der Waals surface area (Å²) in [5.41, 5.74) is 3.73. The van der Waals surface area contributed by atoms with E-state index in [1.807, 2.05) is 12.1 Å². The maximum absolute atomic E-state index is 12.6. The van der Waals surface area contributed by atoms with Crippen LogP contribution in [0.1, 0.15) is 34.3 Å². The highest BCUT2D eigenvalue weighted by Gasteiger charge is 2.21. The second-order valence-corrected chi connectivity index (χ2v) is 8.16. The normalized spacial score (nSPS) is 14.1. The van der Waals surface area contributed by atoms with E-state index in [1.54, 1.807) is 0 Å². The molecule has 0 bridgehead atoms. The number of rotatable bonds is 5. The summed E-state index contributed by atoms with van der Waals surface area (Å²) in [5, 5.41) is 2.95. The highest BCUT2D eigenvalue weighted by atomic mass is 32.2. The molecule has 1 aliphatic rings. The Morgan fingerprint density at radius 1 is 1.08 bits per heavy atom. The fraction of sp³-hybridized carbons (Fsp3) is 0.316. The van der Waals surface area contributed by atoms with Crippen molar-refractivity contribution in [3.8, 4) is 0 Å². The minimum atomic E-state index is -3.72. The molecule has 0 heterocycles. The lowest BCUT2D eigenvalue weighted by Gasteiger charge is -2.19. The van der Waals surface area contributed by atoms with Crippen molar-refractivity contribution in [1.82, 2.24) is 4.47 Å². The second-order valence-electron chi connectivity index (χ2n) is 6.23. The van der Waals surface area contributed by atoms with Crippen LogP contribution in [0.3, 0.4) is 0 Å². The largest absolute Gasteiger partial charge is 0.322 e. The van der Waals surface area contributed by atoms with E-state index in [9.17, 15) is 13.2 Å². The fourth-order valence-electron chi connectivity index (χ4n) is 3.12. The van der Waals surface area contributed by atoms with Crippen LogP contribution < -0.4 is 5.32 Å². The SMILES string of the molecule is CON(C)S(=O)(=O)c1ccc(C(=O)Nc2cccc3c2CCCC3)cc1. The Morgan fingerprint density at radius 2 is 1.77 bits per heavy atom. The third kappa shape index (κ3) is 3.65. The molecule has 138 valence electrons. The monoisotopic (exact) mass is 374 g/mol. The third-order valence-corrected chi connectivity index (χ3v) is 6.35. The summed E-state index contributed by atoms with van der Waals surface area (Å²) in [6, 6.07) is 11.8. The Labute approximate surface area is 153 Å². The molecule has 0 fully saturated rings. The average Bonchev–Trinajstić information content (AvgIpc) is 2.67. The first-order chi connectivity index (χ1) is 12.4. The predicted molar refractivity (Wildman–Crippen MR) is 99.4 cm³/mol. The lowest BCUT2D eigenvalue weighted by Crippen LogP contribution is -2.25. The predicted octanol–water partition coefficient (Wildman–Crippen LogP) is 3.00. The third-order valence-electron chi connectivity index (χ3n) is 4.65. The van der Waals surface area contributed by atoms with Crippen molar-refractivity contribution < 1.29 is 18.0 Å². The number of fused-ring (bicyclic) bond motifs is 1. The number of nitrogens with zero attached hydrogens (tertiary/aromatic N) is 1. The van der Waals surface area contributed by atoms with Crippen molar-refractivity contribution >= 4 is 21.6 Å². The molecule has 0 aliphatic heterocycles. The lowest BCUT2D eigenvalue weighted by molar-refractivity contribution is -0.0258. The minimum Gasteiger partial charge on any atom is -0.322 e. The first-order valence-electron chi connectivity index (χ1n) is 8.48. The first kappa shape index (κ1) is 18.6. The summed E-state index contributed by atoms with van der Waals surface area (Å²) < 4.78 is 25.2. The molecule has 26 heavy (non-hydrogen) atoms. The molecule has 0 unspecified atom stereocenters. The van der Waals surface area contributed by atoms with Gasteiger partial charge in [-0.3, -0.25) is 9.63 Å². The number of amides is 1. The number of carbonyl (C=O) groups excluding carboxylic acids is 1. The molecule has 1 aliphatic carbocycles. The molecule has 0 radical (unpaired) electrons. The molecular formula is C19H22N2O4S. The summed E-state index contributed by atoms with van der Waals surface area (Å²) >= 11 is 0. The zero-order valence-electron chi connectivity index (χ0n) is 14.9. The number of anilines is 1. The van der Waals surface area contributed by atoms with Gasteiger partial charge in [0.15, 0.2) is 0 Å². The smallest absolute Gasteiger partial charge is 0.264 e. The summed E-state index contributed by atoms with van der Waals surface area (Å²) in [6.07, 6.45) is 4.31. The van der Waals surface area contributed by atoms with Crippen LogP contribution in [-0.4, -0.2) is 33.0 Å². The van der Waals surface area contributed by atoms with Crippen molar-refractivity contribution in [1.29, 1.82) is 0 Å². The molecule has 2 aromatic rings. The Morgan fingerprint density at radius 3 is 2.46 bits per heavy atom. The molecule has 6 nitrogen and oxygen atoms in total. The fourth-order valence-corrected chi connectivity index (χ4v) is 4.09. The number of sulfonamides is 1. The summed E-state index contributed by atoms with van der Waals surface area (Å²) in [5.74, 6) is -0.256. The molecule has 1 amide bonds. The Balaban J connectivity index is 1.80. The van der Waals surface area contributed by atoms with Crippen LogP contribution in [0, 0.1) is 0 Å². The molecule has 0 aromatic heterocycles. The van der Waals surface area contributed by atoms with Gasteiger partial charge in [-0.05, 0) is 67.1 Å². The van der Waals surface area contributed by atoms with Gasteiger partial charge in [-0.2, -0.15) is 0 Å². The molecular weight excluding hydrogens is 352 g/mol. The maximum Gasteiger partial charge on any atom is 0.264 e. The van der Waals surface area contributed by atoms with Crippen molar-refractivity contribution in [2.45, 2.75) is 30.6 Å². The van der Waals surface area contributed by atoms with Gasteiger partial charge in [0.2, 0.25) is 0 Å². The maximum atomic E-state index is 12.6. The van der Waals surface area contributed by atoms with Crippen molar-refractivity contribution in [3.63, 3.8) is 0 Å². The Bertz CT molecular complexity index is 908. The molecule has 3 rings (SSSR count). The topological polar surface area (TPSA) is 75.7 Å². The zero-order chi connectivity index (χ0) is 18.7. The van der Waals surface area contributed by atoms with E-state index in [-0.39, 0.29) is 10.8 Å². The van der Waals surface area contributed by atoms with Crippen molar-refractivity contribution in [2.75, 3.05) is 19.5 Å². The summed E-state index contributed by atoms with van der Waals surface area (Å²) in [7, 11) is -1.13. The van der Waals surface area contributed by atoms with E-state index in [4.69, 9.17) is 4.84 Å². The van der Waals surface area contributed by atoms with E-state index in [2.05, 4.69) is 11.4 Å². The van der Waals surface area contributed by atoms with Crippen LogP contribution in [0.2, 0.25) is 0 Å². The number of hydroxylamine groups is 1. The minimum absolute atomic E-state index is 0.0653. The quantitative estimate of drug-likeness (QED) is 0.817. The van der Waals surface area contributed by atoms with E-state index < -0.39 is 10.0 Å². The van der Waals surface area contributed by atoms with E-state index >= 15 is 0 Å². The molecule has 0 spiro atoms. The first-order valence-corrected chi connectivity index (χ1v) is 9.92. The van der Waals surface area contributed by atoms with Gasteiger partial charge in [0.1, 0.15) is 0 Å². The highest BCUT2D eigenvalue weighted by Crippen LogP contribution is 2.28. The van der Waals surface area contributed by atoms with Crippen LogP contribution >= 0.6 is 0 Å². The second kappa shape index (κ2) is 7.57. The van der Waals surface area contributed by atoms with Crippen LogP contribution in [0.15, 0.2) is 47.4 Å². The lowest BCUT2D eigenvalue weighted by atomic mass is 9.90. The molecule has 0 atom stereocenters. The summed E-state index contributed by atoms with van der Waals surface area (Å²) in [4.78, 5) is 17.4.